The van der Waals surface area contributed by atoms with Gasteiger partial charge in [0.2, 0.25) is 0 Å². The van der Waals surface area contributed by atoms with Crippen LogP contribution in [0, 0.1) is 0 Å². The minimum absolute atomic E-state index is 0.0509. The van der Waals surface area contributed by atoms with Crippen molar-refractivity contribution in [3.05, 3.63) is 36.3 Å². The normalized spacial score (nSPS) is 14.8. The highest BCUT2D eigenvalue weighted by atomic mass is 32.2. The number of sulfonamides is 1. The van der Waals surface area contributed by atoms with E-state index in [1.165, 1.54) is 6.07 Å². The number of rotatable bonds is 4. The summed E-state index contributed by atoms with van der Waals surface area (Å²) in [5.41, 5.74) is 0.784. The molecule has 1 aliphatic heterocycles. The number of nitrogens with one attached hydrogen (secondary N) is 1. The first-order valence-electron chi connectivity index (χ1n) is 7.11. The summed E-state index contributed by atoms with van der Waals surface area (Å²) in [5, 5.41) is 0. The topological polar surface area (TPSA) is 73.2 Å². The molecule has 0 amide bonds. The maximum absolute atomic E-state index is 12.5. The molecule has 0 atom stereocenters. The van der Waals surface area contributed by atoms with Gasteiger partial charge in [-0.15, -0.1) is 0 Å². The highest BCUT2D eigenvalue weighted by molar-refractivity contribution is 7.92. The van der Waals surface area contributed by atoms with Gasteiger partial charge in [0.05, 0.1) is 12.9 Å². The molecular formula is C14H14F3N3O3S. The minimum Gasteiger partial charge on any atom is -0.492 e. The Morgan fingerprint density at radius 2 is 2.12 bits per heavy atom. The Bertz CT molecular complexity index is 846. The number of hydrogen-bond acceptors (Lipinski definition) is 4. The first-order valence-corrected chi connectivity index (χ1v) is 8.59. The summed E-state index contributed by atoms with van der Waals surface area (Å²) < 4.78 is 70.4. The van der Waals surface area contributed by atoms with Crippen molar-refractivity contribution in [1.29, 1.82) is 0 Å². The van der Waals surface area contributed by atoms with Crippen LogP contribution in [0.5, 0.6) is 5.75 Å². The van der Waals surface area contributed by atoms with Gasteiger partial charge in [0.15, 0.2) is 5.82 Å². The lowest BCUT2D eigenvalue weighted by Crippen LogP contribution is -2.18. The maximum Gasteiger partial charge on any atom is 0.406 e. The molecule has 0 saturated heterocycles. The zero-order chi connectivity index (χ0) is 17.4. The molecule has 0 unspecified atom stereocenters. The van der Waals surface area contributed by atoms with Gasteiger partial charge in [-0.2, -0.15) is 13.2 Å². The monoisotopic (exact) mass is 361 g/mol. The molecule has 2 aromatic rings. The largest absolute Gasteiger partial charge is 0.492 e. The smallest absolute Gasteiger partial charge is 0.406 e. The van der Waals surface area contributed by atoms with E-state index in [0.29, 0.717) is 13.0 Å². The second-order valence-electron chi connectivity index (χ2n) is 5.35. The lowest BCUT2D eigenvalue weighted by atomic mass is 10.1. The quantitative estimate of drug-likeness (QED) is 0.908. The van der Waals surface area contributed by atoms with Crippen LogP contribution in [-0.2, 0) is 23.0 Å². The summed E-state index contributed by atoms with van der Waals surface area (Å²) >= 11 is 0. The number of aromatic nitrogens is 2. The second kappa shape index (κ2) is 6.00. The summed E-state index contributed by atoms with van der Waals surface area (Å²) in [4.78, 5) is 3.60. The van der Waals surface area contributed by atoms with Crippen LogP contribution >= 0.6 is 0 Å². The van der Waals surface area contributed by atoms with Crippen molar-refractivity contribution in [3.63, 3.8) is 0 Å². The molecule has 0 radical (unpaired) electrons. The number of halogens is 3. The Hall–Kier alpha value is -2.23. The van der Waals surface area contributed by atoms with Crippen molar-refractivity contribution >= 4 is 15.8 Å². The third-order valence-corrected chi connectivity index (χ3v) is 4.80. The summed E-state index contributed by atoms with van der Waals surface area (Å²) in [6, 6.07) is 4.77. The van der Waals surface area contributed by atoms with Gasteiger partial charge in [0, 0.05) is 6.20 Å². The van der Waals surface area contributed by atoms with E-state index in [9.17, 15) is 21.6 Å². The van der Waals surface area contributed by atoms with Gasteiger partial charge in [-0.3, -0.25) is 4.72 Å². The van der Waals surface area contributed by atoms with Gasteiger partial charge in [0.25, 0.3) is 10.0 Å². The van der Waals surface area contributed by atoms with Crippen molar-refractivity contribution in [2.75, 3.05) is 11.3 Å². The number of imidazole rings is 1. The van der Waals surface area contributed by atoms with Gasteiger partial charge in [-0.1, -0.05) is 12.1 Å². The first-order chi connectivity index (χ1) is 11.2. The summed E-state index contributed by atoms with van der Waals surface area (Å²) in [6.07, 6.45) is -1.00. The van der Waals surface area contributed by atoms with Gasteiger partial charge < -0.3 is 9.30 Å². The third kappa shape index (κ3) is 3.64. The highest BCUT2D eigenvalue weighted by Crippen LogP contribution is 2.33. The molecular weight excluding hydrogens is 347 g/mol. The van der Waals surface area contributed by atoms with E-state index in [-0.39, 0.29) is 16.5 Å². The van der Waals surface area contributed by atoms with Crippen molar-refractivity contribution in [1.82, 2.24) is 9.55 Å². The number of alkyl halides is 3. The van der Waals surface area contributed by atoms with Gasteiger partial charge >= 0.3 is 6.18 Å². The van der Waals surface area contributed by atoms with Crippen LogP contribution < -0.4 is 9.46 Å². The average Bonchev–Trinajstić information content (AvgIpc) is 2.90. The molecule has 1 aliphatic rings. The lowest BCUT2D eigenvalue weighted by molar-refractivity contribution is -0.140. The lowest BCUT2D eigenvalue weighted by Gasteiger charge is -2.20. The van der Waals surface area contributed by atoms with Gasteiger partial charge in [-0.25, -0.2) is 13.4 Å². The average molecular weight is 361 g/mol. The fourth-order valence-corrected chi connectivity index (χ4v) is 3.65. The van der Waals surface area contributed by atoms with Crippen molar-refractivity contribution in [3.8, 4) is 5.75 Å². The van der Waals surface area contributed by atoms with Crippen LogP contribution in [0.2, 0.25) is 0 Å². The Balaban J connectivity index is 1.85. The standard InChI is InChI=1S/C14H14F3N3O3S/c15-14(16,17)8-20-7-12(18-9-20)19-24(21,22)11-5-1-3-10-4-2-6-23-13(10)11/h1,3,5,7,9,19H,2,4,6,8H2. The van der Waals surface area contributed by atoms with E-state index in [1.807, 2.05) is 0 Å². The second-order valence-corrected chi connectivity index (χ2v) is 7.00. The molecule has 0 spiro atoms. The molecule has 2 heterocycles. The van der Waals surface area contributed by atoms with Crippen molar-refractivity contribution < 1.29 is 26.3 Å². The predicted molar refractivity (Wildman–Crippen MR) is 79.3 cm³/mol. The summed E-state index contributed by atoms with van der Waals surface area (Å²) in [5.74, 6) is 0.0960. The number of nitrogens with zero attached hydrogens (tertiary/aromatic N) is 2. The molecule has 0 fully saturated rings. The third-order valence-electron chi connectivity index (χ3n) is 3.42. The van der Waals surface area contributed by atoms with E-state index >= 15 is 0 Å². The molecule has 3 rings (SSSR count). The van der Waals surface area contributed by atoms with E-state index in [1.54, 1.807) is 12.1 Å². The molecule has 0 aliphatic carbocycles. The highest BCUT2D eigenvalue weighted by Gasteiger charge is 2.29. The number of hydrogen-bond donors (Lipinski definition) is 1. The van der Waals surface area contributed by atoms with Crippen LogP contribution in [0.3, 0.4) is 0 Å². The molecule has 6 nitrogen and oxygen atoms in total. The maximum atomic E-state index is 12.5. The van der Waals surface area contributed by atoms with Crippen LogP contribution in [0.25, 0.3) is 0 Å². The van der Waals surface area contributed by atoms with E-state index in [0.717, 1.165) is 29.1 Å². The van der Waals surface area contributed by atoms with Crippen molar-refractivity contribution in [2.24, 2.45) is 0 Å². The van der Waals surface area contributed by atoms with Crippen LogP contribution in [0.4, 0.5) is 19.0 Å². The van der Waals surface area contributed by atoms with Crippen molar-refractivity contribution in [2.45, 2.75) is 30.5 Å². The zero-order valence-electron chi connectivity index (χ0n) is 12.4. The molecule has 130 valence electrons. The minimum atomic E-state index is -4.41. The van der Waals surface area contributed by atoms with Crippen LogP contribution in [-0.4, -0.2) is 30.8 Å². The number of para-hydroxylation sites is 1. The van der Waals surface area contributed by atoms with Crippen LogP contribution in [0.15, 0.2) is 35.6 Å². The first kappa shape index (κ1) is 16.6. The number of ether oxygens (including phenoxy) is 1. The van der Waals surface area contributed by atoms with E-state index in [2.05, 4.69) is 9.71 Å². The summed E-state index contributed by atoms with van der Waals surface area (Å²) in [7, 11) is -4.02. The molecule has 1 aromatic heterocycles. The number of aryl methyl sites for hydroxylation is 1. The fourth-order valence-electron chi connectivity index (χ4n) is 2.47. The van der Waals surface area contributed by atoms with E-state index < -0.39 is 22.7 Å². The Kier molecular flexibility index (Phi) is 4.16. The predicted octanol–water partition coefficient (Wildman–Crippen LogP) is 2.57. The molecule has 1 aromatic carbocycles. The SMILES string of the molecule is O=S(=O)(Nc1cn(CC(F)(F)F)cn1)c1cccc2c1OCCC2. The Labute approximate surface area is 136 Å². The zero-order valence-corrected chi connectivity index (χ0v) is 13.2. The van der Waals surface area contributed by atoms with Gasteiger partial charge in [-0.05, 0) is 24.5 Å². The Morgan fingerprint density at radius 3 is 2.88 bits per heavy atom. The molecule has 1 N–H and O–H groups in total. The number of benzene rings is 1. The van der Waals surface area contributed by atoms with Gasteiger partial charge in [0.1, 0.15) is 17.2 Å². The summed E-state index contributed by atoms with van der Waals surface area (Å²) in [6.45, 7) is -0.828. The number of anilines is 1. The molecule has 0 bridgehead atoms. The fraction of sp³-hybridized carbons (Fsp3) is 0.357. The number of fused-ring (bicyclic) bond motifs is 1. The molecule has 10 heteroatoms. The van der Waals surface area contributed by atoms with E-state index in [4.69, 9.17) is 4.74 Å². The molecule has 0 saturated carbocycles. The van der Waals surface area contributed by atoms with Crippen LogP contribution in [0.1, 0.15) is 12.0 Å². The Morgan fingerprint density at radius 1 is 1.33 bits per heavy atom. The molecule has 24 heavy (non-hydrogen) atoms.